The second-order valence-electron chi connectivity index (χ2n) is 4.00. The van der Waals surface area contributed by atoms with Crippen molar-refractivity contribution in [3.8, 4) is 10.7 Å². The summed E-state index contributed by atoms with van der Waals surface area (Å²) in [7, 11) is 0. The highest BCUT2D eigenvalue weighted by molar-refractivity contribution is 9.10. The average molecular weight is 364 g/mol. The summed E-state index contributed by atoms with van der Waals surface area (Å²) in [6.45, 7) is 0. The highest BCUT2D eigenvalue weighted by Crippen LogP contribution is 2.30. The lowest BCUT2D eigenvalue weighted by molar-refractivity contribution is 1.01. The van der Waals surface area contributed by atoms with E-state index in [0.29, 0.717) is 0 Å². The third-order valence-electron chi connectivity index (χ3n) is 2.57. The molecule has 0 atom stereocenters. The molecule has 2 heterocycles. The summed E-state index contributed by atoms with van der Waals surface area (Å²) in [5.41, 5.74) is 2.15. The van der Waals surface area contributed by atoms with E-state index in [1.54, 1.807) is 29.3 Å². The molecule has 100 valence electrons. The van der Waals surface area contributed by atoms with E-state index >= 15 is 0 Å². The molecule has 0 fully saturated rings. The van der Waals surface area contributed by atoms with E-state index in [1.165, 1.54) is 5.56 Å². The number of benzene rings is 1. The van der Waals surface area contributed by atoms with Crippen LogP contribution >= 0.6 is 39.0 Å². The van der Waals surface area contributed by atoms with Crippen LogP contribution in [0.3, 0.4) is 0 Å². The van der Waals surface area contributed by atoms with Crippen molar-refractivity contribution in [2.75, 3.05) is 0 Å². The number of thioether (sulfide) groups is 1. The number of hydrogen-bond donors (Lipinski definition) is 0. The van der Waals surface area contributed by atoms with Crippen LogP contribution in [0.25, 0.3) is 10.7 Å². The summed E-state index contributed by atoms with van der Waals surface area (Å²) >= 11 is 6.71. The second-order valence-corrected chi connectivity index (χ2v) is 7.12. The smallest absolute Gasteiger partial charge is 0.175 e. The topological polar surface area (TPSA) is 38.7 Å². The van der Waals surface area contributed by atoms with Gasteiger partial charge < -0.3 is 0 Å². The molecular weight excluding hydrogens is 354 g/mol. The molecule has 3 aromatic rings. The Kier molecular flexibility index (Phi) is 4.44. The third-order valence-corrected chi connectivity index (χ3v) is 5.24. The molecule has 0 aliphatic carbocycles. The van der Waals surface area contributed by atoms with Crippen molar-refractivity contribution in [3.63, 3.8) is 0 Å². The Morgan fingerprint density at radius 1 is 1.05 bits per heavy atom. The number of halogens is 1. The highest BCUT2D eigenvalue weighted by atomic mass is 79.9. The minimum Gasteiger partial charge on any atom is -0.254 e. The Labute approximate surface area is 133 Å². The van der Waals surface area contributed by atoms with Crippen LogP contribution in [-0.2, 0) is 5.75 Å². The molecule has 0 aliphatic rings. The van der Waals surface area contributed by atoms with Gasteiger partial charge in [0.05, 0.1) is 0 Å². The van der Waals surface area contributed by atoms with Gasteiger partial charge >= 0.3 is 0 Å². The van der Waals surface area contributed by atoms with Gasteiger partial charge in [0.1, 0.15) is 5.69 Å². The van der Waals surface area contributed by atoms with E-state index < -0.39 is 0 Å². The standard InChI is InChI=1S/C14H10BrN3S2/c15-11-6-4-10(5-7-11)9-19-14-18-17-13(20-14)12-3-1-2-8-16-12/h1-8H,9H2. The lowest BCUT2D eigenvalue weighted by Crippen LogP contribution is -1.80. The van der Waals surface area contributed by atoms with Crippen LogP contribution in [-0.4, -0.2) is 15.2 Å². The quantitative estimate of drug-likeness (QED) is 0.632. The molecule has 0 aliphatic heterocycles. The van der Waals surface area contributed by atoms with Gasteiger partial charge in [0.2, 0.25) is 0 Å². The Morgan fingerprint density at radius 3 is 2.65 bits per heavy atom. The number of pyridine rings is 1. The van der Waals surface area contributed by atoms with Crippen molar-refractivity contribution >= 4 is 39.0 Å². The summed E-state index contributed by atoms with van der Waals surface area (Å²) < 4.78 is 2.06. The first-order chi connectivity index (χ1) is 9.81. The molecule has 0 unspecified atom stereocenters. The molecule has 0 radical (unpaired) electrons. The second kappa shape index (κ2) is 6.47. The fourth-order valence-electron chi connectivity index (χ4n) is 1.59. The number of hydrogen-bond acceptors (Lipinski definition) is 5. The molecule has 3 rings (SSSR count). The zero-order valence-electron chi connectivity index (χ0n) is 10.4. The van der Waals surface area contributed by atoms with Crippen molar-refractivity contribution in [2.45, 2.75) is 10.1 Å². The van der Waals surface area contributed by atoms with Gasteiger partial charge in [0.15, 0.2) is 9.35 Å². The first kappa shape index (κ1) is 13.7. The molecule has 1 aromatic carbocycles. The fourth-order valence-corrected chi connectivity index (χ4v) is 3.64. The maximum Gasteiger partial charge on any atom is 0.175 e. The molecule has 3 nitrogen and oxygen atoms in total. The van der Waals surface area contributed by atoms with Crippen LogP contribution in [0, 0.1) is 0 Å². The Hall–Kier alpha value is -1.24. The highest BCUT2D eigenvalue weighted by Gasteiger charge is 2.07. The van der Waals surface area contributed by atoms with Gasteiger partial charge in [0.25, 0.3) is 0 Å². The largest absolute Gasteiger partial charge is 0.254 e. The monoisotopic (exact) mass is 363 g/mol. The first-order valence-electron chi connectivity index (χ1n) is 5.93. The van der Waals surface area contributed by atoms with E-state index in [-0.39, 0.29) is 0 Å². The Morgan fingerprint density at radius 2 is 1.90 bits per heavy atom. The normalized spacial score (nSPS) is 10.7. The molecule has 0 amide bonds. The molecule has 0 bridgehead atoms. The summed E-state index contributed by atoms with van der Waals surface area (Å²) in [5, 5.41) is 9.26. The minimum atomic E-state index is 0.865. The van der Waals surface area contributed by atoms with Crippen LogP contribution in [0.5, 0.6) is 0 Å². The predicted molar refractivity (Wildman–Crippen MR) is 86.8 cm³/mol. The van der Waals surface area contributed by atoms with Gasteiger partial charge in [-0.1, -0.05) is 57.2 Å². The average Bonchev–Trinajstić information content (AvgIpc) is 2.97. The van der Waals surface area contributed by atoms with E-state index in [2.05, 4.69) is 55.4 Å². The number of rotatable bonds is 4. The van der Waals surface area contributed by atoms with Gasteiger partial charge in [-0.2, -0.15) is 0 Å². The molecule has 6 heteroatoms. The van der Waals surface area contributed by atoms with Gasteiger partial charge in [-0.15, -0.1) is 10.2 Å². The van der Waals surface area contributed by atoms with Crippen LogP contribution in [0.15, 0.2) is 57.5 Å². The fraction of sp³-hybridized carbons (Fsp3) is 0.0714. The van der Waals surface area contributed by atoms with Crippen LogP contribution in [0.2, 0.25) is 0 Å². The molecule has 0 N–H and O–H groups in total. The van der Waals surface area contributed by atoms with E-state index in [9.17, 15) is 0 Å². The van der Waals surface area contributed by atoms with E-state index in [0.717, 1.165) is 25.3 Å². The Bertz CT molecular complexity index is 683. The number of aromatic nitrogens is 3. The van der Waals surface area contributed by atoms with Crippen molar-refractivity contribution in [1.29, 1.82) is 0 Å². The molecule has 0 saturated heterocycles. The van der Waals surface area contributed by atoms with Gasteiger partial charge in [0, 0.05) is 16.4 Å². The summed E-state index contributed by atoms with van der Waals surface area (Å²) in [4.78, 5) is 4.28. The molecule has 2 aromatic heterocycles. The van der Waals surface area contributed by atoms with Gasteiger partial charge in [-0.25, -0.2) is 0 Å². The SMILES string of the molecule is Brc1ccc(CSc2nnc(-c3ccccn3)s2)cc1. The van der Waals surface area contributed by atoms with Crippen molar-refractivity contribution in [2.24, 2.45) is 0 Å². The van der Waals surface area contributed by atoms with Crippen LogP contribution in [0.1, 0.15) is 5.56 Å². The maximum atomic E-state index is 4.28. The van der Waals surface area contributed by atoms with Crippen LogP contribution < -0.4 is 0 Å². The van der Waals surface area contributed by atoms with Crippen molar-refractivity contribution < 1.29 is 0 Å². The zero-order valence-corrected chi connectivity index (χ0v) is 13.6. The molecule has 0 saturated carbocycles. The van der Waals surface area contributed by atoms with Gasteiger partial charge in [-0.05, 0) is 29.8 Å². The lowest BCUT2D eigenvalue weighted by Gasteiger charge is -1.98. The lowest BCUT2D eigenvalue weighted by atomic mass is 10.2. The molecular formula is C14H10BrN3S2. The molecule has 0 spiro atoms. The Balaban J connectivity index is 1.67. The van der Waals surface area contributed by atoms with Gasteiger partial charge in [-0.3, -0.25) is 4.98 Å². The maximum absolute atomic E-state index is 4.28. The summed E-state index contributed by atoms with van der Waals surface area (Å²) in [6.07, 6.45) is 1.77. The van der Waals surface area contributed by atoms with Crippen LogP contribution in [0.4, 0.5) is 0 Å². The van der Waals surface area contributed by atoms with Crippen molar-refractivity contribution in [3.05, 3.63) is 58.7 Å². The van der Waals surface area contributed by atoms with Crippen molar-refractivity contribution in [1.82, 2.24) is 15.2 Å². The summed E-state index contributed by atoms with van der Waals surface area (Å²) in [5.74, 6) is 0.893. The summed E-state index contributed by atoms with van der Waals surface area (Å²) in [6, 6.07) is 14.1. The minimum absolute atomic E-state index is 0.865. The zero-order chi connectivity index (χ0) is 13.8. The number of nitrogens with zero attached hydrogens (tertiary/aromatic N) is 3. The van der Waals surface area contributed by atoms with E-state index in [4.69, 9.17) is 0 Å². The third kappa shape index (κ3) is 3.45. The predicted octanol–water partition coefficient (Wildman–Crippen LogP) is 4.65. The first-order valence-corrected chi connectivity index (χ1v) is 8.53. The van der Waals surface area contributed by atoms with E-state index in [1.807, 2.05) is 18.2 Å². The molecule has 20 heavy (non-hydrogen) atoms.